The zero-order valence-corrected chi connectivity index (χ0v) is 20.8. The van der Waals surface area contributed by atoms with Crippen molar-refractivity contribution in [2.45, 2.75) is 38.8 Å². The van der Waals surface area contributed by atoms with Crippen molar-refractivity contribution < 1.29 is 0 Å². The van der Waals surface area contributed by atoms with Gasteiger partial charge in [-0.2, -0.15) is 10.4 Å². The van der Waals surface area contributed by atoms with Gasteiger partial charge in [0.15, 0.2) is 5.82 Å². The summed E-state index contributed by atoms with van der Waals surface area (Å²) in [7, 11) is 0. The first kappa shape index (κ1) is 22.2. The average molecular weight is 504 g/mol. The minimum atomic E-state index is -0.201. The fraction of sp³-hybridized carbons (Fsp3) is 0.259. The van der Waals surface area contributed by atoms with Gasteiger partial charge in [-0.1, -0.05) is 0 Å². The average Bonchev–Trinajstić information content (AvgIpc) is 3.49. The Labute approximate surface area is 218 Å². The number of aromatic nitrogens is 7. The number of fused-ring (bicyclic) bond motifs is 4. The van der Waals surface area contributed by atoms with E-state index in [1.165, 1.54) is 0 Å². The van der Waals surface area contributed by atoms with Crippen molar-refractivity contribution in [1.29, 1.82) is 5.26 Å². The van der Waals surface area contributed by atoms with E-state index in [9.17, 15) is 5.26 Å². The van der Waals surface area contributed by atoms with Gasteiger partial charge in [0, 0.05) is 67.0 Å². The first-order valence-electron chi connectivity index (χ1n) is 12.6. The van der Waals surface area contributed by atoms with Crippen molar-refractivity contribution in [3.63, 3.8) is 0 Å². The Morgan fingerprint density at radius 1 is 1.16 bits per heavy atom. The molecule has 7 rings (SSSR count). The van der Waals surface area contributed by atoms with Gasteiger partial charge in [0.1, 0.15) is 17.5 Å². The van der Waals surface area contributed by atoms with E-state index >= 15 is 0 Å². The summed E-state index contributed by atoms with van der Waals surface area (Å²) in [5.74, 6) is 2.61. The van der Waals surface area contributed by atoms with Crippen LogP contribution in [-0.4, -0.2) is 40.8 Å². The molecule has 2 aliphatic rings. The highest BCUT2D eigenvalue weighted by atomic mass is 15.3. The van der Waals surface area contributed by atoms with E-state index in [-0.39, 0.29) is 5.92 Å². The molecule has 0 saturated heterocycles. The van der Waals surface area contributed by atoms with Crippen molar-refractivity contribution in [2.75, 3.05) is 22.9 Å². The summed E-state index contributed by atoms with van der Waals surface area (Å²) in [4.78, 5) is 18.3. The molecule has 1 atom stereocenters. The number of pyridine rings is 3. The minimum Gasteiger partial charge on any atom is -0.383 e. The number of hydrogen-bond acceptors (Lipinski definition) is 9. The zero-order valence-electron chi connectivity index (χ0n) is 20.8. The van der Waals surface area contributed by atoms with E-state index in [1.807, 2.05) is 36.1 Å². The largest absolute Gasteiger partial charge is 0.383 e. The summed E-state index contributed by atoms with van der Waals surface area (Å²) in [5.41, 5.74) is 11.8. The monoisotopic (exact) mass is 503 g/mol. The number of aryl methyl sites for hydroxylation is 2. The van der Waals surface area contributed by atoms with Crippen LogP contribution in [0.2, 0.25) is 0 Å². The predicted octanol–water partition coefficient (Wildman–Crippen LogP) is 3.75. The van der Waals surface area contributed by atoms with E-state index in [2.05, 4.69) is 47.3 Å². The van der Waals surface area contributed by atoms with Crippen LogP contribution in [0.1, 0.15) is 35.1 Å². The second kappa shape index (κ2) is 8.55. The molecule has 38 heavy (non-hydrogen) atoms. The molecule has 4 N–H and O–H groups in total. The third-order valence-electron chi connectivity index (χ3n) is 7.43. The molecular weight excluding hydrogens is 478 g/mol. The van der Waals surface area contributed by atoms with Gasteiger partial charge in [-0.3, -0.25) is 9.67 Å². The number of nitrogens with one attached hydrogen (secondary N) is 2. The predicted molar refractivity (Wildman–Crippen MR) is 144 cm³/mol. The van der Waals surface area contributed by atoms with Crippen molar-refractivity contribution >= 4 is 33.9 Å². The number of nitrogens with two attached hydrogens (primary N) is 1. The fourth-order valence-electron chi connectivity index (χ4n) is 5.40. The molecule has 0 unspecified atom stereocenters. The quantitative estimate of drug-likeness (QED) is 0.335. The molecule has 5 aromatic heterocycles. The topological polar surface area (TPSA) is 148 Å². The van der Waals surface area contributed by atoms with Gasteiger partial charge in [0.05, 0.1) is 35.6 Å². The Kier molecular flexibility index (Phi) is 5.00. The Hall–Kier alpha value is -4.98. The van der Waals surface area contributed by atoms with E-state index in [4.69, 9.17) is 10.8 Å². The number of hydrogen-bond donors (Lipinski definition) is 3. The number of nitriles is 1. The standard InChI is InChI=1S/C27H25N11/c1-15-19(12-33-26-16(11-28)2-4-31-25(15)26)21-8-17-9-22(32-13-20(17)27(29)34-21)35-23-10-18-3-6-37-7-5-30-24(37)14-38(18)36-23/h5,7-10,12-13,16,31H,2-4,6,14H2,1H3,(H2,29,34)(H,32,35,36)/t16-/m0/s1. The lowest BCUT2D eigenvalue weighted by Gasteiger charge is -2.24. The molecule has 0 amide bonds. The second-order valence-electron chi connectivity index (χ2n) is 9.73. The van der Waals surface area contributed by atoms with Gasteiger partial charge in [-0.25, -0.2) is 15.0 Å². The Balaban J connectivity index is 1.22. The van der Waals surface area contributed by atoms with Crippen LogP contribution >= 0.6 is 0 Å². The van der Waals surface area contributed by atoms with Crippen LogP contribution in [0.5, 0.6) is 0 Å². The highest BCUT2D eigenvalue weighted by Crippen LogP contribution is 2.37. The smallest absolute Gasteiger partial charge is 0.153 e. The van der Waals surface area contributed by atoms with E-state index in [1.54, 1.807) is 12.4 Å². The summed E-state index contributed by atoms with van der Waals surface area (Å²) in [6.07, 6.45) is 9.01. The van der Waals surface area contributed by atoms with Crippen LogP contribution in [0.15, 0.2) is 43.0 Å². The summed E-state index contributed by atoms with van der Waals surface area (Å²) in [6, 6.07) is 8.39. The Morgan fingerprint density at radius 3 is 2.97 bits per heavy atom. The molecule has 188 valence electrons. The Morgan fingerprint density at radius 2 is 2.08 bits per heavy atom. The third kappa shape index (κ3) is 3.61. The number of nitrogens with zero attached hydrogens (tertiary/aromatic N) is 8. The van der Waals surface area contributed by atoms with E-state index in [0.29, 0.717) is 18.2 Å². The highest BCUT2D eigenvalue weighted by Gasteiger charge is 2.25. The molecule has 11 nitrogen and oxygen atoms in total. The van der Waals surface area contributed by atoms with Crippen LogP contribution in [0.25, 0.3) is 22.0 Å². The first-order valence-corrected chi connectivity index (χ1v) is 12.6. The number of nitrogen functional groups attached to an aromatic ring is 1. The fourth-order valence-corrected chi connectivity index (χ4v) is 5.40. The van der Waals surface area contributed by atoms with E-state index < -0.39 is 0 Å². The molecule has 0 radical (unpaired) electrons. The number of imidazole rings is 1. The van der Waals surface area contributed by atoms with Crippen molar-refractivity contribution in [3.8, 4) is 17.3 Å². The maximum Gasteiger partial charge on any atom is 0.153 e. The third-order valence-corrected chi connectivity index (χ3v) is 7.43. The molecule has 0 aliphatic carbocycles. The molecule has 0 fully saturated rings. The van der Waals surface area contributed by atoms with Gasteiger partial charge in [-0.05, 0) is 36.4 Å². The summed E-state index contributed by atoms with van der Waals surface area (Å²) in [5, 5.41) is 22.7. The van der Waals surface area contributed by atoms with Gasteiger partial charge in [0.2, 0.25) is 0 Å². The van der Waals surface area contributed by atoms with Crippen molar-refractivity contribution in [1.82, 2.24) is 34.3 Å². The van der Waals surface area contributed by atoms with Crippen LogP contribution in [0.4, 0.5) is 23.1 Å². The normalized spacial score (nSPS) is 16.1. The second-order valence-corrected chi connectivity index (χ2v) is 9.73. The molecule has 11 heteroatoms. The number of rotatable bonds is 3. The minimum absolute atomic E-state index is 0.201. The van der Waals surface area contributed by atoms with Gasteiger partial charge >= 0.3 is 0 Å². The first-order chi connectivity index (χ1) is 18.6. The molecule has 2 aliphatic heterocycles. The van der Waals surface area contributed by atoms with Gasteiger partial charge < -0.3 is 20.9 Å². The maximum absolute atomic E-state index is 9.52. The molecule has 7 heterocycles. The lowest BCUT2D eigenvalue weighted by Crippen LogP contribution is -2.18. The van der Waals surface area contributed by atoms with Crippen LogP contribution < -0.4 is 16.4 Å². The molecule has 5 aromatic rings. The Bertz CT molecular complexity index is 1760. The van der Waals surface area contributed by atoms with E-state index in [0.717, 1.165) is 82.2 Å². The molecular formula is C27H25N11. The van der Waals surface area contributed by atoms with Gasteiger partial charge in [-0.15, -0.1) is 0 Å². The van der Waals surface area contributed by atoms with Crippen LogP contribution in [0.3, 0.4) is 0 Å². The highest BCUT2D eigenvalue weighted by molar-refractivity contribution is 5.95. The molecule has 0 bridgehead atoms. The molecule has 0 spiro atoms. The lowest BCUT2D eigenvalue weighted by atomic mass is 9.93. The molecule has 0 saturated carbocycles. The summed E-state index contributed by atoms with van der Waals surface area (Å²) < 4.78 is 4.16. The van der Waals surface area contributed by atoms with Crippen molar-refractivity contribution in [2.24, 2.45) is 0 Å². The van der Waals surface area contributed by atoms with Gasteiger partial charge in [0.25, 0.3) is 0 Å². The van der Waals surface area contributed by atoms with Crippen molar-refractivity contribution in [3.05, 3.63) is 65.8 Å². The summed E-state index contributed by atoms with van der Waals surface area (Å²) in [6.45, 7) is 4.29. The molecule has 0 aromatic carbocycles. The SMILES string of the molecule is Cc1c(-c2cc3cc(Nc4cc5n(n4)Cc4nccn4CC5)ncc3c(N)n2)cnc2c1NCC[C@H]2C#N. The number of anilines is 4. The zero-order chi connectivity index (χ0) is 25.8. The lowest BCUT2D eigenvalue weighted by molar-refractivity contribution is 0.641. The van der Waals surface area contributed by atoms with Crippen LogP contribution in [0, 0.1) is 18.3 Å². The maximum atomic E-state index is 9.52. The summed E-state index contributed by atoms with van der Waals surface area (Å²) >= 11 is 0. The van der Waals surface area contributed by atoms with Crippen LogP contribution in [-0.2, 0) is 19.5 Å².